The summed E-state index contributed by atoms with van der Waals surface area (Å²) < 4.78 is 0. The fraction of sp³-hybridized carbons (Fsp3) is 0.400. The Morgan fingerprint density at radius 2 is 1.88 bits per heavy atom. The van der Waals surface area contributed by atoms with Crippen molar-refractivity contribution in [1.29, 1.82) is 0 Å². The van der Waals surface area contributed by atoms with Crippen LogP contribution in [0.15, 0.2) is 42.6 Å². The SMILES string of the molecule is CC(C)(C)[C@@H]1Cc2ccccc2CCN1C(=O)c1ccc(N)nc1. The quantitative estimate of drug-likeness (QED) is 0.876. The van der Waals surface area contributed by atoms with Gasteiger partial charge in [0.1, 0.15) is 5.82 Å². The smallest absolute Gasteiger partial charge is 0.255 e. The molecule has 0 saturated carbocycles. The predicted octanol–water partition coefficient (Wildman–Crippen LogP) is 3.32. The van der Waals surface area contributed by atoms with Crippen LogP contribution in [0, 0.1) is 5.41 Å². The third-order valence-electron chi connectivity index (χ3n) is 4.82. The molecule has 1 amide bonds. The number of fused-ring (bicyclic) bond motifs is 1. The molecule has 0 unspecified atom stereocenters. The van der Waals surface area contributed by atoms with E-state index in [0.29, 0.717) is 11.4 Å². The van der Waals surface area contributed by atoms with Crippen LogP contribution in [0.5, 0.6) is 0 Å². The summed E-state index contributed by atoms with van der Waals surface area (Å²) in [6.45, 7) is 7.33. The maximum atomic E-state index is 13.1. The lowest BCUT2D eigenvalue weighted by atomic mass is 9.81. The van der Waals surface area contributed by atoms with Gasteiger partial charge in [0.25, 0.3) is 5.91 Å². The zero-order chi connectivity index (χ0) is 17.3. The van der Waals surface area contributed by atoms with Crippen molar-refractivity contribution in [3.8, 4) is 0 Å². The second-order valence-electron chi connectivity index (χ2n) is 7.57. The summed E-state index contributed by atoms with van der Waals surface area (Å²) in [6, 6.07) is 12.1. The van der Waals surface area contributed by atoms with E-state index in [2.05, 4.69) is 50.0 Å². The molecule has 24 heavy (non-hydrogen) atoms. The molecule has 1 aromatic heterocycles. The summed E-state index contributed by atoms with van der Waals surface area (Å²) in [5, 5.41) is 0. The monoisotopic (exact) mass is 323 g/mol. The largest absolute Gasteiger partial charge is 0.384 e. The van der Waals surface area contributed by atoms with Crippen molar-refractivity contribution in [2.24, 2.45) is 5.41 Å². The molecule has 1 atom stereocenters. The van der Waals surface area contributed by atoms with Gasteiger partial charge < -0.3 is 10.6 Å². The maximum Gasteiger partial charge on any atom is 0.255 e. The van der Waals surface area contributed by atoms with E-state index in [0.717, 1.165) is 19.4 Å². The minimum Gasteiger partial charge on any atom is -0.384 e. The summed E-state index contributed by atoms with van der Waals surface area (Å²) in [4.78, 5) is 19.2. The summed E-state index contributed by atoms with van der Waals surface area (Å²) >= 11 is 0. The van der Waals surface area contributed by atoms with Crippen LogP contribution in [-0.4, -0.2) is 28.4 Å². The Bertz CT molecular complexity index is 731. The second-order valence-corrected chi connectivity index (χ2v) is 7.57. The first-order valence-electron chi connectivity index (χ1n) is 8.45. The number of nitrogen functional groups attached to an aromatic ring is 1. The standard InChI is InChI=1S/C20H25N3O/c1-20(2,3)17-12-15-7-5-4-6-14(15)10-11-23(17)19(24)16-8-9-18(21)22-13-16/h4-9,13,17H,10-12H2,1-3H3,(H2,21,22)/t17-/m0/s1. The molecule has 0 bridgehead atoms. The first-order valence-corrected chi connectivity index (χ1v) is 8.45. The number of rotatable bonds is 1. The molecule has 126 valence electrons. The van der Waals surface area contributed by atoms with Gasteiger partial charge in [-0.2, -0.15) is 0 Å². The summed E-state index contributed by atoms with van der Waals surface area (Å²) in [5.74, 6) is 0.470. The molecule has 0 aliphatic carbocycles. The number of amides is 1. The molecule has 4 nitrogen and oxygen atoms in total. The van der Waals surface area contributed by atoms with Gasteiger partial charge in [0, 0.05) is 18.8 Å². The normalized spacial score (nSPS) is 18.0. The van der Waals surface area contributed by atoms with E-state index in [4.69, 9.17) is 5.73 Å². The molecule has 0 fully saturated rings. The van der Waals surface area contributed by atoms with E-state index in [1.807, 2.05) is 4.90 Å². The Morgan fingerprint density at radius 1 is 1.17 bits per heavy atom. The molecule has 2 aromatic rings. The Balaban J connectivity index is 1.96. The molecule has 4 heteroatoms. The molecule has 1 aromatic carbocycles. The van der Waals surface area contributed by atoms with Gasteiger partial charge in [0.05, 0.1) is 5.56 Å². The molecule has 2 heterocycles. The first-order chi connectivity index (χ1) is 11.4. The van der Waals surface area contributed by atoms with Crippen molar-refractivity contribution in [1.82, 2.24) is 9.88 Å². The number of nitrogens with zero attached hydrogens (tertiary/aromatic N) is 2. The summed E-state index contributed by atoms with van der Waals surface area (Å²) in [5.41, 5.74) is 8.94. The molecule has 0 spiro atoms. The molecule has 3 rings (SSSR count). The van der Waals surface area contributed by atoms with Crippen LogP contribution in [0.25, 0.3) is 0 Å². The molecular formula is C20H25N3O. The van der Waals surface area contributed by atoms with Gasteiger partial charge in [-0.25, -0.2) is 4.98 Å². The minimum atomic E-state index is -0.00561. The lowest BCUT2D eigenvalue weighted by Crippen LogP contribution is -2.48. The van der Waals surface area contributed by atoms with Crippen molar-refractivity contribution in [3.05, 3.63) is 59.3 Å². The Hall–Kier alpha value is -2.36. The lowest BCUT2D eigenvalue weighted by Gasteiger charge is -2.39. The summed E-state index contributed by atoms with van der Waals surface area (Å²) in [6.07, 6.45) is 3.35. The zero-order valence-electron chi connectivity index (χ0n) is 14.6. The van der Waals surface area contributed by atoms with Crippen LogP contribution in [-0.2, 0) is 12.8 Å². The van der Waals surface area contributed by atoms with Gasteiger partial charge in [-0.05, 0) is 41.5 Å². The van der Waals surface area contributed by atoms with Crippen LogP contribution in [0.1, 0.15) is 42.3 Å². The average Bonchev–Trinajstić information content (AvgIpc) is 2.74. The molecule has 0 saturated heterocycles. The lowest BCUT2D eigenvalue weighted by molar-refractivity contribution is 0.0532. The Kier molecular flexibility index (Phi) is 4.31. The van der Waals surface area contributed by atoms with Crippen LogP contribution in [0.2, 0.25) is 0 Å². The van der Waals surface area contributed by atoms with E-state index in [9.17, 15) is 4.79 Å². The fourth-order valence-corrected chi connectivity index (χ4v) is 3.43. The number of aromatic nitrogens is 1. The number of anilines is 1. The topological polar surface area (TPSA) is 59.2 Å². The maximum absolute atomic E-state index is 13.1. The van der Waals surface area contributed by atoms with E-state index >= 15 is 0 Å². The highest BCUT2D eigenvalue weighted by atomic mass is 16.2. The van der Waals surface area contributed by atoms with E-state index < -0.39 is 0 Å². The van der Waals surface area contributed by atoms with Crippen molar-refractivity contribution < 1.29 is 4.79 Å². The van der Waals surface area contributed by atoms with Crippen LogP contribution >= 0.6 is 0 Å². The van der Waals surface area contributed by atoms with Gasteiger partial charge in [0.15, 0.2) is 0 Å². The number of hydrogen-bond donors (Lipinski definition) is 1. The van der Waals surface area contributed by atoms with Gasteiger partial charge in [0.2, 0.25) is 0 Å². The van der Waals surface area contributed by atoms with Gasteiger partial charge in [-0.1, -0.05) is 45.0 Å². The number of pyridine rings is 1. The highest BCUT2D eigenvalue weighted by Crippen LogP contribution is 2.32. The average molecular weight is 323 g/mol. The van der Waals surface area contributed by atoms with Gasteiger partial charge in [-0.15, -0.1) is 0 Å². The number of nitrogens with two attached hydrogens (primary N) is 1. The van der Waals surface area contributed by atoms with Crippen LogP contribution < -0.4 is 5.73 Å². The number of benzene rings is 1. The molecule has 0 radical (unpaired) electrons. The van der Waals surface area contributed by atoms with E-state index in [-0.39, 0.29) is 17.4 Å². The number of carbonyl (C=O) groups excluding carboxylic acids is 1. The highest BCUT2D eigenvalue weighted by molar-refractivity contribution is 5.94. The molecule has 1 aliphatic heterocycles. The predicted molar refractivity (Wildman–Crippen MR) is 96.8 cm³/mol. The first kappa shape index (κ1) is 16.5. The minimum absolute atomic E-state index is 0.00561. The van der Waals surface area contributed by atoms with Gasteiger partial charge in [-0.3, -0.25) is 4.79 Å². The summed E-state index contributed by atoms with van der Waals surface area (Å²) in [7, 11) is 0. The van der Waals surface area contributed by atoms with Crippen molar-refractivity contribution >= 4 is 11.7 Å². The molecular weight excluding hydrogens is 298 g/mol. The third-order valence-corrected chi connectivity index (χ3v) is 4.82. The highest BCUT2D eigenvalue weighted by Gasteiger charge is 2.35. The van der Waals surface area contributed by atoms with Crippen molar-refractivity contribution in [2.45, 2.75) is 39.7 Å². The Morgan fingerprint density at radius 3 is 2.50 bits per heavy atom. The van der Waals surface area contributed by atoms with Crippen molar-refractivity contribution in [3.63, 3.8) is 0 Å². The van der Waals surface area contributed by atoms with E-state index in [1.54, 1.807) is 18.3 Å². The molecule has 1 aliphatic rings. The van der Waals surface area contributed by atoms with Crippen LogP contribution in [0.3, 0.4) is 0 Å². The third kappa shape index (κ3) is 3.28. The fourth-order valence-electron chi connectivity index (χ4n) is 3.43. The molecule has 2 N–H and O–H groups in total. The zero-order valence-corrected chi connectivity index (χ0v) is 14.6. The number of hydrogen-bond acceptors (Lipinski definition) is 3. The second kappa shape index (κ2) is 6.27. The Labute approximate surface area is 143 Å². The number of carbonyl (C=O) groups is 1. The van der Waals surface area contributed by atoms with Crippen LogP contribution in [0.4, 0.5) is 5.82 Å². The van der Waals surface area contributed by atoms with Gasteiger partial charge >= 0.3 is 0 Å². The van der Waals surface area contributed by atoms with E-state index in [1.165, 1.54) is 11.1 Å². The van der Waals surface area contributed by atoms with Crippen molar-refractivity contribution in [2.75, 3.05) is 12.3 Å².